The molecule has 9 aromatic carbocycles. The van der Waals surface area contributed by atoms with Crippen molar-refractivity contribution in [1.29, 1.82) is 0 Å². The topological polar surface area (TPSA) is 16.4 Å². The molecule has 1 heterocycles. The first kappa shape index (κ1) is 30.0. The number of para-hydroxylation sites is 1. The Bertz CT molecular complexity index is 2920. The quantitative estimate of drug-likeness (QED) is 0.176. The van der Waals surface area contributed by atoms with Crippen molar-refractivity contribution in [2.75, 3.05) is 4.90 Å². The molecule has 244 valence electrons. The number of furan rings is 1. The molecular weight excluding hydrogens is 631 g/mol. The smallest absolute Gasteiger partial charge is 0.137 e. The molecule has 0 saturated heterocycles. The first-order valence-electron chi connectivity index (χ1n) is 17.7. The highest BCUT2D eigenvalue weighted by atomic mass is 16.3. The summed E-state index contributed by atoms with van der Waals surface area (Å²) in [6, 6.07) is 71.8. The standard InChI is InChI=1S/C50H33NO/c1-2-11-34(12-3-1)38-15-8-17-44(32-38)51(47-20-10-22-49-50(47)46-19-6-7-21-48(46)52-49)45-18-9-16-39(33-45)41-27-24-36-25-28-42(31-43(36)30-41)40-26-23-35-13-4-5-14-37(35)29-40/h1-33H. The maximum absolute atomic E-state index is 6.38. The van der Waals surface area contributed by atoms with Gasteiger partial charge in [0.25, 0.3) is 0 Å². The third kappa shape index (κ3) is 5.30. The molecule has 0 bridgehead atoms. The summed E-state index contributed by atoms with van der Waals surface area (Å²) in [5, 5.41) is 7.15. The van der Waals surface area contributed by atoms with Crippen molar-refractivity contribution < 1.29 is 4.42 Å². The molecule has 0 fully saturated rings. The molecule has 10 rings (SSSR count). The predicted octanol–water partition coefficient (Wildman–Crippen LogP) is 14.4. The van der Waals surface area contributed by atoms with Crippen molar-refractivity contribution in [1.82, 2.24) is 0 Å². The number of rotatable bonds is 6. The Morgan fingerprint density at radius 2 is 0.808 bits per heavy atom. The van der Waals surface area contributed by atoms with Crippen molar-refractivity contribution >= 4 is 60.5 Å². The fraction of sp³-hybridized carbons (Fsp3) is 0. The van der Waals surface area contributed by atoms with E-state index in [4.69, 9.17) is 4.42 Å². The zero-order chi connectivity index (χ0) is 34.4. The zero-order valence-corrected chi connectivity index (χ0v) is 28.4. The van der Waals surface area contributed by atoms with E-state index in [1.54, 1.807) is 0 Å². The number of anilines is 3. The summed E-state index contributed by atoms with van der Waals surface area (Å²) in [6.07, 6.45) is 0. The second kappa shape index (κ2) is 12.5. The van der Waals surface area contributed by atoms with Gasteiger partial charge in [-0.2, -0.15) is 0 Å². The largest absolute Gasteiger partial charge is 0.456 e. The average Bonchev–Trinajstić information content (AvgIpc) is 3.60. The van der Waals surface area contributed by atoms with E-state index in [0.717, 1.165) is 44.6 Å². The highest BCUT2D eigenvalue weighted by Gasteiger charge is 2.20. The van der Waals surface area contributed by atoms with Crippen LogP contribution < -0.4 is 4.90 Å². The summed E-state index contributed by atoms with van der Waals surface area (Å²) in [4.78, 5) is 2.37. The summed E-state index contributed by atoms with van der Waals surface area (Å²) in [5.41, 5.74) is 12.1. The highest BCUT2D eigenvalue weighted by molar-refractivity contribution is 6.13. The fourth-order valence-corrected chi connectivity index (χ4v) is 7.62. The van der Waals surface area contributed by atoms with E-state index in [-0.39, 0.29) is 0 Å². The second-order valence-corrected chi connectivity index (χ2v) is 13.4. The average molecular weight is 664 g/mol. The maximum Gasteiger partial charge on any atom is 0.137 e. The predicted molar refractivity (Wildman–Crippen MR) is 220 cm³/mol. The molecule has 0 aliphatic heterocycles. The summed E-state index contributed by atoms with van der Waals surface area (Å²) >= 11 is 0. The first-order chi connectivity index (χ1) is 25.7. The molecule has 0 saturated carbocycles. The van der Waals surface area contributed by atoms with Gasteiger partial charge in [-0.05, 0) is 116 Å². The van der Waals surface area contributed by atoms with Gasteiger partial charge in [-0.1, -0.05) is 140 Å². The van der Waals surface area contributed by atoms with E-state index < -0.39 is 0 Å². The van der Waals surface area contributed by atoms with Crippen LogP contribution in [0.4, 0.5) is 17.1 Å². The summed E-state index contributed by atoms with van der Waals surface area (Å²) < 4.78 is 6.38. The molecule has 0 spiro atoms. The monoisotopic (exact) mass is 663 g/mol. The van der Waals surface area contributed by atoms with Gasteiger partial charge >= 0.3 is 0 Å². The van der Waals surface area contributed by atoms with Gasteiger partial charge in [0.1, 0.15) is 11.2 Å². The molecule has 0 unspecified atom stereocenters. The van der Waals surface area contributed by atoms with Gasteiger partial charge in [0.2, 0.25) is 0 Å². The van der Waals surface area contributed by atoms with Crippen LogP contribution in [-0.2, 0) is 0 Å². The molecule has 0 radical (unpaired) electrons. The lowest BCUT2D eigenvalue weighted by atomic mass is 9.96. The Morgan fingerprint density at radius 3 is 1.52 bits per heavy atom. The molecular formula is C50H33NO. The second-order valence-electron chi connectivity index (χ2n) is 13.4. The van der Waals surface area contributed by atoms with Crippen molar-refractivity contribution in [2.45, 2.75) is 0 Å². The van der Waals surface area contributed by atoms with E-state index in [0.29, 0.717) is 0 Å². The van der Waals surface area contributed by atoms with E-state index in [1.165, 1.54) is 49.4 Å². The number of hydrogen-bond acceptors (Lipinski definition) is 2. The molecule has 1 aromatic heterocycles. The Balaban J connectivity index is 1.12. The third-order valence-electron chi connectivity index (χ3n) is 10.2. The molecule has 2 nitrogen and oxygen atoms in total. The van der Waals surface area contributed by atoms with E-state index in [1.807, 2.05) is 12.1 Å². The molecule has 2 heteroatoms. The number of hydrogen-bond donors (Lipinski definition) is 0. The Kier molecular flexibility index (Phi) is 7.18. The van der Waals surface area contributed by atoms with Gasteiger partial charge in [-0.25, -0.2) is 0 Å². The van der Waals surface area contributed by atoms with Crippen molar-refractivity contribution in [3.8, 4) is 33.4 Å². The Morgan fingerprint density at radius 1 is 0.308 bits per heavy atom. The highest BCUT2D eigenvalue weighted by Crippen LogP contribution is 2.44. The van der Waals surface area contributed by atoms with Crippen LogP contribution in [-0.4, -0.2) is 0 Å². The number of nitrogens with zero attached hydrogens (tertiary/aromatic N) is 1. The van der Waals surface area contributed by atoms with Crippen LogP contribution in [0.2, 0.25) is 0 Å². The van der Waals surface area contributed by atoms with E-state index >= 15 is 0 Å². The molecule has 0 aliphatic rings. The van der Waals surface area contributed by atoms with Crippen LogP contribution in [0.15, 0.2) is 205 Å². The fourth-order valence-electron chi connectivity index (χ4n) is 7.62. The van der Waals surface area contributed by atoms with Crippen molar-refractivity contribution in [3.63, 3.8) is 0 Å². The molecule has 52 heavy (non-hydrogen) atoms. The first-order valence-corrected chi connectivity index (χ1v) is 17.7. The minimum absolute atomic E-state index is 0.871. The van der Waals surface area contributed by atoms with Crippen molar-refractivity contribution in [2.24, 2.45) is 0 Å². The SMILES string of the molecule is c1ccc(-c2cccc(N(c3cccc(-c4ccc5ccc(-c6ccc7ccccc7c6)cc5c4)c3)c3cccc4oc5ccccc5c34)c2)cc1. The summed E-state index contributed by atoms with van der Waals surface area (Å²) in [7, 11) is 0. The third-order valence-corrected chi connectivity index (χ3v) is 10.2. The van der Waals surface area contributed by atoms with Crippen LogP contribution >= 0.6 is 0 Å². The lowest BCUT2D eigenvalue weighted by Gasteiger charge is -2.27. The van der Waals surface area contributed by atoms with Crippen LogP contribution in [0, 0.1) is 0 Å². The van der Waals surface area contributed by atoms with Gasteiger partial charge < -0.3 is 9.32 Å². The molecule has 10 aromatic rings. The summed E-state index contributed by atoms with van der Waals surface area (Å²) in [6.45, 7) is 0. The van der Waals surface area contributed by atoms with Gasteiger partial charge in [-0.3, -0.25) is 0 Å². The Labute approximate surface area is 302 Å². The number of benzene rings is 9. The lowest BCUT2D eigenvalue weighted by Crippen LogP contribution is -2.10. The van der Waals surface area contributed by atoms with Crippen molar-refractivity contribution in [3.05, 3.63) is 200 Å². The molecule has 0 amide bonds. The Hall–Kier alpha value is -6.90. The normalized spacial score (nSPS) is 11.5. The van der Waals surface area contributed by atoms with Crippen LogP contribution in [0.25, 0.3) is 76.9 Å². The van der Waals surface area contributed by atoms with Gasteiger partial charge in [-0.15, -0.1) is 0 Å². The van der Waals surface area contributed by atoms with Gasteiger partial charge in [0.05, 0.1) is 11.1 Å². The van der Waals surface area contributed by atoms with Crippen LogP contribution in [0.5, 0.6) is 0 Å². The minimum Gasteiger partial charge on any atom is -0.456 e. The molecule has 0 N–H and O–H groups in total. The molecule has 0 atom stereocenters. The van der Waals surface area contributed by atoms with Gasteiger partial charge in [0.15, 0.2) is 0 Å². The molecule has 0 aliphatic carbocycles. The zero-order valence-electron chi connectivity index (χ0n) is 28.4. The van der Waals surface area contributed by atoms with Crippen LogP contribution in [0.1, 0.15) is 0 Å². The van der Waals surface area contributed by atoms with Gasteiger partial charge in [0, 0.05) is 16.8 Å². The van der Waals surface area contributed by atoms with E-state index in [2.05, 4.69) is 193 Å². The number of fused-ring (bicyclic) bond motifs is 5. The summed E-state index contributed by atoms with van der Waals surface area (Å²) in [5.74, 6) is 0. The minimum atomic E-state index is 0.871. The maximum atomic E-state index is 6.38. The van der Waals surface area contributed by atoms with E-state index in [9.17, 15) is 0 Å². The lowest BCUT2D eigenvalue weighted by molar-refractivity contribution is 0.669. The van der Waals surface area contributed by atoms with Crippen LogP contribution in [0.3, 0.4) is 0 Å².